The van der Waals surface area contributed by atoms with Crippen LogP contribution in [0.25, 0.3) is 11.1 Å². The maximum Gasteiger partial charge on any atom is 0.0772 e. The number of fused-ring (bicyclic) bond motifs is 6. The number of nitrogens with one attached hydrogen (secondary N) is 2. The molecule has 5 heterocycles. The van der Waals surface area contributed by atoms with Crippen LogP contribution in [-0.4, -0.2) is 21.4 Å². The van der Waals surface area contributed by atoms with Crippen molar-refractivity contribution < 1.29 is 0 Å². The van der Waals surface area contributed by atoms with Gasteiger partial charge in [-0.2, -0.15) is 0 Å². The third kappa shape index (κ3) is 7.51. The van der Waals surface area contributed by atoms with Crippen molar-refractivity contribution >= 4 is 22.6 Å². The zero-order valence-corrected chi connectivity index (χ0v) is 38.7. The number of benzene rings is 2. The Hall–Kier alpha value is -4.70. The minimum Gasteiger partial charge on any atom is -0.361 e. The standard InChI is InChI=1S/C56H72N4/c1-11-21-33-45-49-37(13-3)38(14-4)50(57-49)46(34-22-12-2)52-40(16-6)42(18-8)54(59-52)48(36-31-27-24-28-32-36)56-44(20-10)43(19-9)55(60-56)47(35-29-25-23-26-30-35)53-41(17-7)39(15-5)51(45)58-53/h23-32,45-46,57-58H,11-22,33-34H2,1-10H3/b54-48-,55-47-. The van der Waals surface area contributed by atoms with E-state index >= 15 is 0 Å². The van der Waals surface area contributed by atoms with E-state index in [2.05, 4.69) is 140 Å². The predicted molar refractivity (Wildman–Crippen MR) is 259 cm³/mol. The smallest absolute Gasteiger partial charge is 0.0772 e. The van der Waals surface area contributed by atoms with Crippen molar-refractivity contribution in [2.45, 2.75) is 171 Å². The van der Waals surface area contributed by atoms with Crippen LogP contribution in [0, 0.1) is 0 Å². The van der Waals surface area contributed by atoms with Crippen molar-refractivity contribution in [1.82, 2.24) is 9.97 Å². The molecule has 0 fully saturated rings. The minimum absolute atomic E-state index is 0.193. The summed E-state index contributed by atoms with van der Waals surface area (Å²) in [5.41, 5.74) is 26.5. The number of aromatic nitrogens is 2. The van der Waals surface area contributed by atoms with Crippen molar-refractivity contribution in [3.05, 3.63) is 151 Å². The molecular weight excluding hydrogens is 729 g/mol. The first-order chi connectivity index (χ1) is 29.4. The molecule has 2 aromatic heterocycles. The zero-order valence-electron chi connectivity index (χ0n) is 38.7. The lowest BCUT2D eigenvalue weighted by atomic mass is 9.83. The number of allylic oxidation sites excluding steroid dienone is 5. The Morgan fingerprint density at radius 3 is 1.40 bits per heavy atom. The van der Waals surface area contributed by atoms with E-state index in [4.69, 9.17) is 9.98 Å². The number of unbranched alkanes of at least 4 members (excludes halogenated alkanes) is 2. The summed E-state index contributed by atoms with van der Waals surface area (Å²) in [6.45, 7) is 23.6. The highest BCUT2D eigenvalue weighted by atomic mass is 14.9. The third-order valence-electron chi connectivity index (χ3n) is 13.9. The quantitative estimate of drug-likeness (QED) is 0.113. The van der Waals surface area contributed by atoms with Gasteiger partial charge in [-0.15, -0.1) is 0 Å². The van der Waals surface area contributed by atoms with Crippen LogP contribution in [0.2, 0.25) is 0 Å². The summed E-state index contributed by atoms with van der Waals surface area (Å²) in [7, 11) is 0. The van der Waals surface area contributed by atoms with Crippen molar-refractivity contribution in [2.75, 3.05) is 0 Å². The average molecular weight is 801 g/mol. The van der Waals surface area contributed by atoms with Crippen molar-refractivity contribution in [1.29, 1.82) is 0 Å². The summed E-state index contributed by atoms with van der Waals surface area (Å²) >= 11 is 0. The molecule has 0 radical (unpaired) electrons. The summed E-state index contributed by atoms with van der Waals surface area (Å²) < 4.78 is 0. The summed E-state index contributed by atoms with van der Waals surface area (Å²) in [6, 6.07) is 22.3. The van der Waals surface area contributed by atoms with E-state index in [0.717, 1.165) is 94.2 Å². The molecule has 60 heavy (non-hydrogen) atoms. The van der Waals surface area contributed by atoms with E-state index in [1.54, 1.807) is 0 Å². The normalized spacial score (nSPS) is 20.4. The predicted octanol–water partition coefficient (Wildman–Crippen LogP) is 15.5. The molecule has 4 nitrogen and oxygen atoms in total. The molecule has 316 valence electrons. The summed E-state index contributed by atoms with van der Waals surface area (Å²) in [4.78, 5) is 20.7. The summed E-state index contributed by atoms with van der Waals surface area (Å²) in [5.74, 6) is 0.432. The molecule has 0 spiro atoms. The molecule has 2 unspecified atom stereocenters. The van der Waals surface area contributed by atoms with Crippen LogP contribution >= 0.6 is 0 Å². The van der Waals surface area contributed by atoms with E-state index in [9.17, 15) is 0 Å². The van der Waals surface area contributed by atoms with E-state index in [1.165, 1.54) is 108 Å². The van der Waals surface area contributed by atoms with Crippen LogP contribution in [0.15, 0.2) is 104 Å². The Bertz CT molecular complexity index is 2360. The Morgan fingerprint density at radius 1 is 0.433 bits per heavy atom. The SMILES string of the molecule is CCCCC1C2=N/C(=C(/c3ccccc3)C3=N/C(=C(/c4ccccc4)c4[nH]c(c(CC)c4CC)C(CCCC)c4[nH]c1c(CC)c4CC)C(CC)=C3CC)C(CC)=C2CC. The van der Waals surface area contributed by atoms with Gasteiger partial charge in [-0.05, 0) is 120 Å². The van der Waals surface area contributed by atoms with Gasteiger partial charge in [0, 0.05) is 40.1 Å². The fourth-order valence-corrected chi connectivity index (χ4v) is 11.1. The number of aromatic amines is 2. The molecule has 0 amide bonds. The Kier molecular flexibility index (Phi) is 14.0. The zero-order chi connectivity index (χ0) is 42.5. The Labute approximate surface area is 362 Å². The molecule has 7 rings (SSSR count). The number of rotatable bonds is 16. The van der Waals surface area contributed by atoms with Crippen LogP contribution < -0.4 is 0 Å². The first kappa shape index (κ1) is 43.4. The fourth-order valence-electron chi connectivity index (χ4n) is 11.1. The molecule has 2 atom stereocenters. The van der Waals surface area contributed by atoms with Gasteiger partial charge in [0.25, 0.3) is 0 Å². The van der Waals surface area contributed by atoms with Gasteiger partial charge in [-0.1, -0.05) is 156 Å². The average Bonchev–Trinajstić information content (AvgIpc) is 4.05. The first-order valence-corrected chi connectivity index (χ1v) is 24.1. The Balaban J connectivity index is 1.75. The van der Waals surface area contributed by atoms with Gasteiger partial charge >= 0.3 is 0 Å². The minimum atomic E-state index is 0.193. The molecule has 3 aliphatic heterocycles. The first-order valence-electron chi connectivity index (χ1n) is 24.1. The van der Waals surface area contributed by atoms with E-state index in [0.29, 0.717) is 0 Å². The van der Waals surface area contributed by atoms with Gasteiger partial charge in [0.1, 0.15) is 0 Å². The third-order valence-corrected chi connectivity index (χ3v) is 13.9. The molecule has 4 aromatic rings. The van der Waals surface area contributed by atoms with Crippen LogP contribution in [0.3, 0.4) is 0 Å². The van der Waals surface area contributed by atoms with Gasteiger partial charge in [-0.25, -0.2) is 4.99 Å². The number of nitrogens with zero attached hydrogens (tertiary/aromatic N) is 2. The van der Waals surface area contributed by atoms with Gasteiger partial charge in [0.2, 0.25) is 0 Å². The van der Waals surface area contributed by atoms with Crippen LogP contribution in [0.1, 0.15) is 201 Å². The monoisotopic (exact) mass is 801 g/mol. The second kappa shape index (κ2) is 19.3. The molecule has 8 bridgehead atoms. The summed E-state index contributed by atoms with van der Waals surface area (Å²) in [5, 5.41) is 0. The fraction of sp³-hybridized carbons (Fsp3) is 0.464. The summed E-state index contributed by atoms with van der Waals surface area (Å²) in [6.07, 6.45) is 14.5. The highest BCUT2D eigenvalue weighted by molar-refractivity contribution is 6.35. The molecule has 0 saturated heterocycles. The van der Waals surface area contributed by atoms with Gasteiger partial charge in [0.15, 0.2) is 0 Å². The molecule has 4 heteroatoms. The second-order valence-electron chi connectivity index (χ2n) is 17.0. The van der Waals surface area contributed by atoms with Crippen molar-refractivity contribution in [3.8, 4) is 0 Å². The van der Waals surface area contributed by atoms with Gasteiger partial charge < -0.3 is 9.97 Å². The van der Waals surface area contributed by atoms with Crippen molar-refractivity contribution in [3.63, 3.8) is 0 Å². The number of hydrogen-bond donors (Lipinski definition) is 2. The van der Waals surface area contributed by atoms with Gasteiger partial charge in [0.05, 0.1) is 28.5 Å². The maximum absolute atomic E-state index is 6.00. The number of H-pyrrole nitrogens is 2. The lowest BCUT2D eigenvalue weighted by Gasteiger charge is -2.21. The molecule has 0 aliphatic carbocycles. The lowest BCUT2D eigenvalue weighted by molar-refractivity contribution is 0.617. The second-order valence-corrected chi connectivity index (χ2v) is 17.0. The molecule has 2 N–H and O–H groups in total. The Morgan fingerprint density at radius 2 is 0.883 bits per heavy atom. The topological polar surface area (TPSA) is 56.3 Å². The molecule has 2 aromatic carbocycles. The van der Waals surface area contributed by atoms with E-state index < -0.39 is 0 Å². The van der Waals surface area contributed by atoms with Gasteiger partial charge in [-0.3, -0.25) is 4.99 Å². The molecule has 3 aliphatic rings. The largest absolute Gasteiger partial charge is 0.361 e. The van der Waals surface area contributed by atoms with E-state index in [-0.39, 0.29) is 11.8 Å². The van der Waals surface area contributed by atoms with Crippen LogP contribution in [0.5, 0.6) is 0 Å². The highest BCUT2D eigenvalue weighted by Crippen LogP contribution is 2.49. The highest BCUT2D eigenvalue weighted by Gasteiger charge is 2.38. The maximum atomic E-state index is 6.00. The van der Waals surface area contributed by atoms with E-state index in [1.807, 2.05) is 0 Å². The molecular formula is C56H72N4. The number of aliphatic imine (C=N–C) groups is 2. The van der Waals surface area contributed by atoms with Crippen molar-refractivity contribution in [2.24, 2.45) is 9.98 Å². The van der Waals surface area contributed by atoms with Crippen LogP contribution in [-0.2, 0) is 25.7 Å². The van der Waals surface area contributed by atoms with Crippen LogP contribution in [0.4, 0.5) is 0 Å². The number of hydrogen-bond acceptors (Lipinski definition) is 2. The lowest BCUT2D eigenvalue weighted by Crippen LogP contribution is -2.16. The molecule has 0 saturated carbocycles.